The van der Waals surface area contributed by atoms with E-state index in [1.165, 1.54) is 5.56 Å². The molecule has 0 aromatic heterocycles. The number of amides is 2. The van der Waals surface area contributed by atoms with Gasteiger partial charge in [0.05, 0.1) is 0 Å². The molecule has 2 aromatic carbocycles. The van der Waals surface area contributed by atoms with Crippen molar-refractivity contribution in [3.05, 3.63) is 70.7 Å². The van der Waals surface area contributed by atoms with E-state index in [0.717, 1.165) is 17.0 Å². The van der Waals surface area contributed by atoms with Gasteiger partial charge in [0, 0.05) is 24.5 Å². The Morgan fingerprint density at radius 2 is 1.70 bits per heavy atom. The molecule has 0 radical (unpaired) electrons. The molecule has 0 bridgehead atoms. The van der Waals surface area contributed by atoms with Crippen molar-refractivity contribution in [1.29, 1.82) is 0 Å². The molecule has 2 aromatic rings. The van der Waals surface area contributed by atoms with Gasteiger partial charge in [-0.1, -0.05) is 88.7 Å². The number of likely N-dealkylation sites (tertiary alicyclic amines) is 1. The van der Waals surface area contributed by atoms with E-state index in [1.54, 1.807) is 0 Å². The Balaban J connectivity index is 1.64. The largest absolute Gasteiger partial charge is 0.344 e. The van der Waals surface area contributed by atoms with Crippen LogP contribution in [-0.2, 0) is 9.59 Å². The summed E-state index contributed by atoms with van der Waals surface area (Å²) in [6, 6.07) is 17.6. The number of carbonyl (C=O) groups is 2. The van der Waals surface area contributed by atoms with Crippen LogP contribution in [-0.4, -0.2) is 35.8 Å². The van der Waals surface area contributed by atoms with Crippen molar-refractivity contribution in [2.24, 2.45) is 11.3 Å². The maximum atomic E-state index is 13.5. The zero-order chi connectivity index (χ0) is 24.2. The molecule has 1 fully saturated rings. The minimum atomic E-state index is -0.511. The quantitative estimate of drug-likeness (QED) is 0.540. The second kappa shape index (κ2) is 10.7. The van der Waals surface area contributed by atoms with Gasteiger partial charge in [-0.25, -0.2) is 0 Å². The Labute approximate surface area is 203 Å². The Hall–Kier alpha value is -2.33. The lowest BCUT2D eigenvalue weighted by Gasteiger charge is -2.45. The van der Waals surface area contributed by atoms with Crippen molar-refractivity contribution in [2.45, 2.75) is 65.3 Å². The minimum Gasteiger partial charge on any atom is -0.344 e. The maximum absolute atomic E-state index is 13.5. The Morgan fingerprint density at radius 3 is 2.27 bits per heavy atom. The lowest BCUT2D eigenvalue weighted by atomic mass is 9.70. The van der Waals surface area contributed by atoms with Crippen LogP contribution in [0.1, 0.15) is 70.4 Å². The first-order chi connectivity index (χ1) is 15.6. The fourth-order valence-corrected chi connectivity index (χ4v) is 5.10. The molecular weight excluding hydrogens is 432 g/mol. The monoisotopic (exact) mass is 468 g/mol. The van der Waals surface area contributed by atoms with Gasteiger partial charge < -0.3 is 10.2 Å². The SMILES string of the molecule is CC(C)[C@@H](NC(=O)C[C@H](C)c1ccccc1)C(=O)N1CC[C@H](c2ccc(Cl)cc2)C(C)(C)C1. The van der Waals surface area contributed by atoms with Crippen molar-refractivity contribution in [3.63, 3.8) is 0 Å². The number of nitrogens with one attached hydrogen (secondary N) is 1. The first-order valence-electron chi connectivity index (χ1n) is 12.0. The molecule has 1 saturated heterocycles. The summed E-state index contributed by atoms with van der Waals surface area (Å²) >= 11 is 6.07. The molecule has 3 rings (SSSR count). The van der Waals surface area contributed by atoms with E-state index < -0.39 is 6.04 Å². The molecule has 0 unspecified atom stereocenters. The van der Waals surface area contributed by atoms with Crippen LogP contribution in [0.2, 0.25) is 5.02 Å². The van der Waals surface area contributed by atoms with Crippen LogP contribution in [0.3, 0.4) is 0 Å². The molecule has 178 valence electrons. The second-order valence-electron chi connectivity index (χ2n) is 10.4. The zero-order valence-electron chi connectivity index (χ0n) is 20.5. The third kappa shape index (κ3) is 6.38. The molecule has 0 saturated carbocycles. The van der Waals surface area contributed by atoms with Crippen molar-refractivity contribution in [2.75, 3.05) is 13.1 Å². The lowest BCUT2D eigenvalue weighted by molar-refractivity contribution is -0.140. The predicted molar refractivity (Wildman–Crippen MR) is 135 cm³/mol. The van der Waals surface area contributed by atoms with Crippen LogP contribution in [0.25, 0.3) is 0 Å². The Morgan fingerprint density at radius 1 is 1.06 bits per heavy atom. The van der Waals surface area contributed by atoms with E-state index in [2.05, 4.69) is 31.3 Å². The van der Waals surface area contributed by atoms with Crippen molar-refractivity contribution in [3.8, 4) is 0 Å². The van der Waals surface area contributed by atoms with Gasteiger partial charge in [0.25, 0.3) is 0 Å². The Kier molecular flexibility index (Phi) is 8.23. The third-order valence-electron chi connectivity index (χ3n) is 6.92. The van der Waals surface area contributed by atoms with Crippen LogP contribution in [0.15, 0.2) is 54.6 Å². The highest BCUT2D eigenvalue weighted by Gasteiger charge is 2.40. The number of hydrogen-bond acceptors (Lipinski definition) is 2. The van der Waals surface area contributed by atoms with Crippen LogP contribution in [0.5, 0.6) is 0 Å². The van der Waals surface area contributed by atoms with E-state index in [4.69, 9.17) is 11.6 Å². The molecule has 1 aliphatic rings. The van der Waals surface area contributed by atoms with Crippen molar-refractivity contribution >= 4 is 23.4 Å². The van der Waals surface area contributed by atoms with Crippen LogP contribution in [0.4, 0.5) is 0 Å². The predicted octanol–water partition coefficient (Wildman–Crippen LogP) is 6.02. The molecule has 0 aliphatic carbocycles. The molecule has 1 heterocycles. The number of piperidine rings is 1. The summed E-state index contributed by atoms with van der Waals surface area (Å²) in [7, 11) is 0. The summed E-state index contributed by atoms with van der Waals surface area (Å²) in [5.41, 5.74) is 2.32. The highest BCUT2D eigenvalue weighted by atomic mass is 35.5. The molecule has 5 heteroatoms. The molecule has 33 heavy (non-hydrogen) atoms. The number of halogens is 1. The maximum Gasteiger partial charge on any atom is 0.245 e. The molecule has 1 N–H and O–H groups in total. The zero-order valence-corrected chi connectivity index (χ0v) is 21.2. The van der Waals surface area contributed by atoms with Crippen molar-refractivity contribution in [1.82, 2.24) is 10.2 Å². The molecule has 0 spiro atoms. The fraction of sp³-hybridized carbons (Fsp3) is 0.500. The van der Waals surface area contributed by atoms with Gasteiger partial charge in [-0.05, 0) is 52.8 Å². The van der Waals surface area contributed by atoms with E-state index in [0.29, 0.717) is 25.4 Å². The second-order valence-corrected chi connectivity index (χ2v) is 10.9. The van der Waals surface area contributed by atoms with E-state index in [-0.39, 0.29) is 29.1 Å². The summed E-state index contributed by atoms with van der Waals surface area (Å²) in [4.78, 5) is 28.3. The summed E-state index contributed by atoms with van der Waals surface area (Å²) in [5, 5.41) is 3.78. The average Bonchev–Trinajstić information content (AvgIpc) is 2.77. The van der Waals surface area contributed by atoms with E-state index in [9.17, 15) is 9.59 Å². The van der Waals surface area contributed by atoms with Crippen molar-refractivity contribution < 1.29 is 9.59 Å². The molecule has 1 aliphatic heterocycles. The molecule has 3 atom stereocenters. The standard InChI is InChI=1S/C28H37ClN2O2/c1-19(2)26(30-25(32)17-20(3)21-9-7-6-8-10-21)27(33)31-16-15-24(28(4,5)18-31)22-11-13-23(29)14-12-22/h6-14,19-20,24,26H,15-18H2,1-5H3,(H,30,32)/t20-,24+,26+/m0/s1. The summed E-state index contributed by atoms with van der Waals surface area (Å²) in [6.07, 6.45) is 1.26. The van der Waals surface area contributed by atoms with Crippen LogP contribution >= 0.6 is 11.6 Å². The summed E-state index contributed by atoms with van der Waals surface area (Å²) < 4.78 is 0. The minimum absolute atomic E-state index is 0.0191. The Bertz CT molecular complexity index is 940. The van der Waals surface area contributed by atoms with Gasteiger partial charge in [-0.15, -0.1) is 0 Å². The third-order valence-corrected chi connectivity index (χ3v) is 7.17. The highest BCUT2D eigenvalue weighted by Crippen LogP contribution is 2.42. The van der Waals surface area contributed by atoms with Gasteiger partial charge >= 0.3 is 0 Å². The van der Waals surface area contributed by atoms with Crippen LogP contribution in [0, 0.1) is 11.3 Å². The number of nitrogens with zero attached hydrogens (tertiary/aromatic N) is 1. The van der Waals surface area contributed by atoms with Gasteiger partial charge in [-0.3, -0.25) is 9.59 Å². The van der Waals surface area contributed by atoms with Gasteiger partial charge in [0.2, 0.25) is 11.8 Å². The highest BCUT2D eigenvalue weighted by molar-refractivity contribution is 6.30. The summed E-state index contributed by atoms with van der Waals surface area (Å²) in [5.74, 6) is 0.424. The molecular formula is C28H37ClN2O2. The molecule has 4 nitrogen and oxygen atoms in total. The first kappa shape index (κ1) is 25.3. The molecule has 2 amide bonds. The number of rotatable bonds is 7. The summed E-state index contributed by atoms with van der Waals surface area (Å²) in [6.45, 7) is 11.8. The van der Waals surface area contributed by atoms with Crippen LogP contribution < -0.4 is 5.32 Å². The normalized spacial score (nSPS) is 19.7. The topological polar surface area (TPSA) is 49.4 Å². The van der Waals surface area contributed by atoms with E-state index >= 15 is 0 Å². The number of benzene rings is 2. The number of hydrogen-bond donors (Lipinski definition) is 1. The average molecular weight is 469 g/mol. The smallest absolute Gasteiger partial charge is 0.245 e. The fourth-order valence-electron chi connectivity index (χ4n) is 4.98. The lowest BCUT2D eigenvalue weighted by Crippen LogP contribution is -2.56. The van der Waals surface area contributed by atoms with Gasteiger partial charge in [-0.2, -0.15) is 0 Å². The van der Waals surface area contributed by atoms with Gasteiger partial charge in [0.1, 0.15) is 6.04 Å². The van der Waals surface area contributed by atoms with E-state index in [1.807, 2.05) is 68.1 Å². The number of carbonyl (C=O) groups excluding carboxylic acids is 2. The first-order valence-corrected chi connectivity index (χ1v) is 12.3. The van der Waals surface area contributed by atoms with Gasteiger partial charge in [0.15, 0.2) is 0 Å².